The van der Waals surface area contributed by atoms with Crippen LogP contribution in [0.1, 0.15) is 18.1 Å². The molecule has 0 aliphatic rings. The summed E-state index contributed by atoms with van der Waals surface area (Å²) >= 11 is 0. The number of hydrogen-bond acceptors (Lipinski definition) is 3. The molecule has 0 bridgehead atoms. The van der Waals surface area contributed by atoms with Crippen LogP contribution in [0.3, 0.4) is 0 Å². The number of ether oxygens (including phenoxy) is 2. The molecule has 114 valence electrons. The molecule has 0 aliphatic heterocycles. The number of aliphatic carboxylic acids is 1. The van der Waals surface area contributed by atoms with E-state index in [-0.39, 0.29) is 5.57 Å². The Morgan fingerprint density at radius 1 is 1.14 bits per heavy atom. The van der Waals surface area contributed by atoms with E-state index in [4.69, 9.17) is 9.47 Å². The SMILES string of the molecule is CCOc1cccc(/C(=C/c2cccc(OC)c2)C(=O)O)c1. The standard InChI is InChI=1S/C18H18O4/c1-3-22-16-9-5-7-14(12-16)17(18(19)20)11-13-6-4-8-15(10-13)21-2/h4-12H,3H2,1-2H3,(H,19,20)/b17-11-. The molecule has 2 aromatic rings. The van der Waals surface area contributed by atoms with Gasteiger partial charge in [-0.05, 0) is 48.4 Å². The van der Waals surface area contributed by atoms with E-state index >= 15 is 0 Å². The van der Waals surface area contributed by atoms with E-state index in [2.05, 4.69) is 0 Å². The topological polar surface area (TPSA) is 55.8 Å². The molecule has 4 nitrogen and oxygen atoms in total. The van der Waals surface area contributed by atoms with Gasteiger partial charge in [0.1, 0.15) is 11.5 Å². The van der Waals surface area contributed by atoms with E-state index in [1.807, 2.05) is 25.1 Å². The van der Waals surface area contributed by atoms with Gasteiger partial charge in [0.05, 0.1) is 19.3 Å². The van der Waals surface area contributed by atoms with Gasteiger partial charge in [-0.3, -0.25) is 0 Å². The first-order valence-electron chi connectivity index (χ1n) is 6.96. The normalized spacial score (nSPS) is 11.1. The van der Waals surface area contributed by atoms with Crippen LogP contribution in [-0.2, 0) is 4.79 Å². The Kier molecular flexibility index (Phi) is 5.20. The number of benzene rings is 2. The van der Waals surface area contributed by atoms with E-state index in [0.717, 1.165) is 5.56 Å². The van der Waals surface area contributed by atoms with Crippen molar-refractivity contribution in [2.45, 2.75) is 6.92 Å². The second kappa shape index (κ2) is 7.31. The van der Waals surface area contributed by atoms with Crippen LogP contribution in [0.5, 0.6) is 11.5 Å². The molecule has 0 aliphatic carbocycles. The van der Waals surface area contributed by atoms with Gasteiger partial charge in [0.25, 0.3) is 0 Å². The van der Waals surface area contributed by atoms with E-state index in [1.54, 1.807) is 43.5 Å². The van der Waals surface area contributed by atoms with Crippen molar-refractivity contribution in [3.8, 4) is 11.5 Å². The predicted octanol–water partition coefficient (Wildman–Crippen LogP) is 3.72. The van der Waals surface area contributed by atoms with Crippen molar-refractivity contribution in [2.24, 2.45) is 0 Å². The van der Waals surface area contributed by atoms with Crippen LogP contribution in [0.2, 0.25) is 0 Å². The summed E-state index contributed by atoms with van der Waals surface area (Å²) in [6.07, 6.45) is 1.62. The Bertz CT molecular complexity index is 689. The average molecular weight is 298 g/mol. The molecule has 0 spiro atoms. The van der Waals surface area contributed by atoms with Crippen molar-refractivity contribution in [1.29, 1.82) is 0 Å². The van der Waals surface area contributed by atoms with Gasteiger partial charge in [-0.1, -0.05) is 24.3 Å². The maximum absolute atomic E-state index is 11.6. The highest BCUT2D eigenvalue weighted by Crippen LogP contribution is 2.24. The van der Waals surface area contributed by atoms with E-state index in [9.17, 15) is 9.90 Å². The minimum atomic E-state index is -0.989. The lowest BCUT2D eigenvalue weighted by Gasteiger charge is -2.07. The fraction of sp³-hybridized carbons (Fsp3) is 0.167. The van der Waals surface area contributed by atoms with Gasteiger partial charge < -0.3 is 14.6 Å². The zero-order chi connectivity index (χ0) is 15.9. The third-order valence-electron chi connectivity index (χ3n) is 3.09. The number of carbonyl (C=O) groups is 1. The highest BCUT2D eigenvalue weighted by Gasteiger charge is 2.11. The average Bonchev–Trinajstić information content (AvgIpc) is 2.53. The number of carboxylic acid groups (broad SMARTS) is 1. The van der Waals surface area contributed by atoms with Crippen molar-refractivity contribution in [2.75, 3.05) is 13.7 Å². The molecule has 0 aromatic heterocycles. The Morgan fingerprint density at radius 3 is 2.55 bits per heavy atom. The van der Waals surface area contributed by atoms with Gasteiger partial charge in [-0.15, -0.1) is 0 Å². The molecule has 0 atom stereocenters. The zero-order valence-corrected chi connectivity index (χ0v) is 12.6. The van der Waals surface area contributed by atoms with Crippen molar-refractivity contribution in [1.82, 2.24) is 0 Å². The minimum Gasteiger partial charge on any atom is -0.497 e. The number of methoxy groups -OCH3 is 1. The quantitative estimate of drug-likeness (QED) is 0.652. The van der Waals surface area contributed by atoms with Crippen molar-refractivity contribution in [3.05, 3.63) is 59.7 Å². The van der Waals surface area contributed by atoms with Gasteiger partial charge in [0.2, 0.25) is 0 Å². The molecule has 2 aromatic carbocycles. The van der Waals surface area contributed by atoms with Crippen LogP contribution in [0.4, 0.5) is 0 Å². The van der Waals surface area contributed by atoms with Crippen molar-refractivity contribution >= 4 is 17.6 Å². The Balaban J connectivity index is 2.43. The molecule has 2 rings (SSSR count). The van der Waals surface area contributed by atoms with E-state index in [0.29, 0.717) is 23.7 Å². The molecule has 0 fully saturated rings. The molecule has 22 heavy (non-hydrogen) atoms. The van der Waals surface area contributed by atoms with Gasteiger partial charge in [-0.25, -0.2) is 4.79 Å². The van der Waals surface area contributed by atoms with Gasteiger partial charge >= 0.3 is 5.97 Å². The molecular weight excluding hydrogens is 280 g/mol. The van der Waals surface area contributed by atoms with E-state index in [1.165, 1.54) is 0 Å². The summed E-state index contributed by atoms with van der Waals surface area (Å²) in [6.45, 7) is 2.42. The summed E-state index contributed by atoms with van der Waals surface area (Å²) in [5.41, 5.74) is 1.56. The zero-order valence-electron chi connectivity index (χ0n) is 12.6. The molecule has 0 heterocycles. The van der Waals surface area contributed by atoms with Crippen LogP contribution in [-0.4, -0.2) is 24.8 Å². The Hall–Kier alpha value is -2.75. The fourth-order valence-electron chi connectivity index (χ4n) is 2.09. The van der Waals surface area contributed by atoms with Gasteiger partial charge in [-0.2, -0.15) is 0 Å². The fourth-order valence-corrected chi connectivity index (χ4v) is 2.09. The summed E-state index contributed by atoms with van der Waals surface area (Å²) in [4.78, 5) is 11.6. The van der Waals surface area contributed by atoms with Crippen LogP contribution in [0.25, 0.3) is 11.6 Å². The van der Waals surface area contributed by atoms with E-state index < -0.39 is 5.97 Å². The molecule has 0 saturated carbocycles. The summed E-state index contributed by atoms with van der Waals surface area (Å²) in [5.74, 6) is 0.343. The van der Waals surface area contributed by atoms with Crippen LogP contribution in [0, 0.1) is 0 Å². The molecule has 0 saturated heterocycles. The summed E-state index contributed by atoms with van der Waals surface area (Å²) in [6, 6.07) is 14.3. The van der Waals surface area contributed by atoms with Crippen molar-refractivity contribution in [3.63, 3.8) is 0 Å². The third kappa shape index (κ3) is 3.88. The molecule has 0 unspecified atom stereocenters. The van der Waals surface area contributed by atoms with Crippen LogP contribution in [0.15, 0.2) is 48.5 Å². The van der Waals surface area contributed by atoms with Gasteiger partial charge in [0, 0.05) is 0 Å². The smallest absolute Gasteiger partial charge is 0.336 e. The molecular formula is C18H18O4. The highest BCUT2D eigenvalue weighted by atomic mass is 16.5. The highest BCUT2D eigenvalue weighted by molar-refractivity contribution is 6.20. The molecule has 4 heteroatoms. The molecule has 1 N–H and O–H groups in total. The lowest BCUT2D eigenvalue weighted by molar-refractivity contribution is -0.130. The lowest BCUT2D eigenvalue weighted by atomic mass is 10.0. The maximum Gasteiger partial charge on any atom is 0.336 e. The second-order valence-electron chi connectivity index (χ2n) is 4.60. The first kappa shape index (κ1) is 15.6. The largest absolute Gasteiger partial charge is 0.497 e. The van der Waals surface area contributed by atoms with Crippen LogP contribution < -0.4 is 9.47 Å². The molecule has 0 amide bonds. The second-order valence-corrected chi connectivity index (χ2v) is 4.60. The maximum atomic E-state index is 11.6. The minimum absolute atomic E-state index is 0.204. The number of rotatable bonds is 6. The number of carboxylic acids is 1. The summed E-state index contributed by atoms with van der Waals surface area (Å²) in [7, 11) is 1.58. The third-order valence-corrected chi connectivity index (χ3v) is 3.09. The first-order valence-corrected chi connectivity index (χ1v) is 6.96. The van der Waals surface area contributed by atoms with Crippen LogP contribution >= 0.6 is 0 Å². The summed E-state index contributed by atoms with van der Waals surface area (Å²) in [5, 5.41) is 9.49. The van der Waals surface area contributed by atoms with Gasteiger partial charge in [0.15, 0.2) is 0 Å². The molecule has 0 radical (unpaired) electrons. The lowest BCUT2D eigenvalue weighted by Crippen LogP contribution is -2.00. The first-order chi connectivity index (χ1) is 10.6. The Labute approximate surface area is 129 Å². The predicted molar refractivity (Wildman–Crippen MR) is 86.1 cm³/mol. The monoisotopic (exact) mass is 298 g/mol. The Morgan fingerprint density at radius 2 is 1.86 bits per heavy atom. The summed E-state index contributed by atoms with van der Waals surface area (Å²) < 4.78 is 10.6. The number of hydrogen-bond donors (Lipinski definition) is 1. The van der Waals surface area contributed by atoms with Crippen molar-refractivity contribution < 1.29 is 19.4 Å².